The van der Waals surface area contributed by atoms with Crippen LogP contribution in [0.3, 0.4) is 0 Å². The number of hydrogen-bond acceptors (Lipinski definition) is 3. The molecule has 0 spiro atoms. The molecule has 0 saturated carbocycles. The number of carbonyl (C=O) groups excluding carboxylic acids is 1. The van der Waals surface area contributed by atoms with Gasteiger partial charge in [0.05, 0.1) is 5.56 Å². The number of rotatable bonds is 3. The highest BCUT2D eigenvalue weighted by Crippen LogP contribution is 2.23. The summed E-state index contributed by atoms with van der Waals surface area (Å²) in [6.07, 6.45) is 1.54. The molecule has 120 valence electrons. The van der Waals surface area contributed by atoms with Crippen LogP contribution in [0.25, 0.3) is 0 Å². The predicted molar refractivity (Wildman–Crippen MR) is 83.0 cm³/mol. The van der Waals surface area contributed by atoms with Crippen molar-refractivity contribution in [2.75, 3.05) is 13.1 Å². The summed E-state index contributed by atoms with van der Waals surface area (Å²) in [5.41, 5.74) is 0.925. The van der Waals surface area contributed by atoms with Gasteiger partial charge in [-0.3, -0.25) is 0 Å². The SMILES string of the molecule is CC(C)(C)OC(=O)N1CC[C@H](Cc2ccc(C(=O)O)cc2)C1. The van der Waals surface area contributed by atoms with Crippen molar-refractivity contribution in [1.82, 2.24) is 4.90 Å². The molecule has 1 aromatic carbocycles. The molecule has 0 aliphatic carbocycles. The van der Waals surface area contributed by atoms with Crippen LogP contribution in [0, 0.1) is 5.92 Å². The highest BCUT2D eigenvalue weighted by Gasteiger charge is 2.29. The number of carboxylic acids is 1. The Labute approximate surface area is 130 Å². The first-order chi connectivity index (χ1) is 10.2. The molecule has 22 heavy (non-hydrogen) atoms. The second kappa shape index (κ2) is 6.38. The molecule has 2 rings (SSSR count). The Morgan fingerprint density at radius 1 is 1.27 bits per heavy atom. The minimum atomic E-state index is -0.913. The van der Waals surface area contributed by atoms with Crippen LogP contribution in [-0.4, -0.2) is 40.8 Å². The predicted octanol–water partition coefficient (Wildman–Crippen LogP) is 3.18. The summed E-state index contributed by atoms with van der Waals surface area (Å²) >= 11 is 0. The van der Waals surface area contributed by atoms with E-state index in [2.05, 4.69) is 0 Å². The molecular weight excluding hydrogens is 282 g/mol. The Balaban J connectivity index is 1.88. The summed E-state index contributed by atoms with van der Waals surface area (Å²) in [6, 6.07) is 6.94. The molecule has 0 unspecified atom stereocenters. The van der Waals surface area contributed by atoms with Gasteiger partial charge in [-0.1, -0.05) is 12.1 Å². The summed E-state index contributed by atoms with van der Waals surface area (Å²) in [7, 11) is 0. The first-order valence-corrected chi connectivity index (χ1v) is 7.55. The minimum absolute atomic E-state index is 0.253. The van der Waals surface area contributed by atoms with Crippen LogP contribution in [0.15, 0.2) is 24.3 Å². The van der Waals surface area contributed by atoms with E-state index < -0.39 is 11.6 Å². The molecule has 5 nitrogen and oxygen atoms in total. The van der Waals surface area contributed by atoms with Crippen molar-refractivity contribution < 1.29 is 19.4 Å². The maximum absolute atomic E-state index is 12.0. The quantitative estimate of drug-likeness (QED) is 0.931. The van der Waals surface area contributed by atoms with Crippen molar-refractivity contribution in [2.45, 2.75) is 39.2 Å². The average Bonchev–Trinajstić information content (AvgIpc) is 2.86. The Hall–Kier alpha value is -2.04. The van der Waals surface area contributed by atoms with Crippen molar-refractivity contribution >= 4 is 12.1 Å². The van der Waals surface area contributed by atoms with E-state index in [1.54, 1.807) is 17.0 Å². The lowest BCUT2D eigenvalue weighted by Gasteiger charge is -2.24. The number of likely N-dealkylation sites (tertiary alicyclic amines) is 1. The Bertz CT molecular complexity index is 545. The molecule has 5 heteroatoms. The van der Waals surface area contributed by atoms with Gasteiger partial charge in [0.2, 0.25) is 0 Å². The largest absolute Gasteiger partial charge is 0.478 e. The van der Waals surface area contributed by atoms with Gasteiger partial charge in [-0.2, -0.15) is 0 Å². The zero-order chi connectivity index (χ0) is 16.3. The van der Waals surface area contributed by atoms with Gasteiger partial charge in [0, 0.05) is 13.1 Å². The average molecular weight is 305 g/mol. The topological polar surface area (TPSA) is 66.8 Å². The van der Waals surface area contributed by atoms with Gasteiger partial charge in [0.1, 0.15) is 5.60 Å². The fourth-order valence-corrected chi connectivity index (χ4v) is 2.61. The summed E-state index contributed by atoms with van der Waals surface area (Å²) in [5, 5.41) is 8.89. The molecule has 0 radical (unpaired) electrons. The van der Waals surface area contributed by atoms with Crippen LogP contribution in [0.2, 0.25) is 0 Å². The summed E-state index contributed by atoms with van der Waals surface area (Å²) < 4.78 is 5.38. The normalized spacial score (nSPS) is 18.3. The number of amides is 1. The smallest absolute Gasteiger partial charge is 0.410 e. The van der Waals surface area contributed by atoms with Crippen LogP contribution in [0.4, 0.5) is 4.79 Å². The van der Waals surface area contributed by atoms with Gasteiger partial charge in [0.25, 0.3) is 0 Å². The van der Waals surface area contributed by atoms with Crippen LogP contribution in [0.1, 0.15) is 43.1 Å². The molecule has 1 saturated heterocycles. The van der Waals surface area contributed by atoms with Gasteiger partial charge < -0.3 is 14.7 Å². The van der Waals surface area contributed by atoms with Crippen LogP contribution < -0.4 is 0 Å². The Kier molecular flexibility index (Phi) is 4.74. The van der Waals surface area contributed by atoms with E-state index in [-0.39, 0.29) is 6.09 Å². The molecule has 1 aliphatic heterocycles. The molecule has 1 heterocycles. The molecule has 0 aromatic heterocycles. The number of benzene rings is 1. The maximum atomic E-state index is 12.0. The van der Waals surface area contributed by atoms with E-state index in [1.807, 2.05) is 32.9 Å². The van der Waals surface area contributed by atoms with Crippen LogP contribution in [-0.2, 0) is 11.2 Å². The third-order valence-electron chi connectivity index (χ3n) is 3.66. The van der Waals surface area contributed by atoms with Crippen molar-refractivity contribution in [1.29, 1.82) is 0 Å². The van der Waals surface area contributed by atoms with Gasteiger partial charge in [-0.05, 0) is 57.2 Å². The summed E-state index contributed by atoms with van der Waals surface area (Å²) in [5.74, 6) is -0.522. The number of carboxylic acid groups (broad SMARTS) is 1. The standard InChI is InChI=1S/C17H23NO4/c1-17(2,3)22-16(21)18-9-8-13(11-18)10-12-4-6-14(7-5-12)15(19)20/h4-7,13H,8-11H2,1-3H3,(H,19,20)/t13-/m1/s1. The highest BCUT2D eigenvalue weighted by atomic mass is 16.6. The summed E-state index contributed by atoms with van der Waals surface area (Å²) in [4.78, 5) is 24.6. The van der Waals surface area contributed by atoms with Crippen molar-refractivity contribution in [3.63, 3.8) is 0 Å². The van der Waals surface area contributed by atoms with E-state index in [0.717, 1.165) is 18.4 Å². The number of hydrogen-bond donors (Lipinski definition) is 1. The van der Waals surface area contributed by atoms with Gasteiger partial charge in [-0.25, -0.2) is 9.59 Å². The van der Waals surface area contributed by atoms with Gasteiger partial charge >= 0.3 is 12.1 Å². The molecule has 1 aromatic rings. The van der Waals surface area contributed by atoms with Crippen LogP contribution >= 0.6 is 0 Å². The lowest BCUT2D eigenvalue weighted by molar-refractivity contribution is 0.0288. The third-order valence-corrected chi connectivity index (χ3v) is 3.66. The van der Waals surface area contributed by atoms with Gasteiger partial charge in [-0.15, -0.1) is 0 Å². The van der Waals surface area contributed by atoms with Crippen LogP contribution in [0.5, 0.6) is 0 Å². The fraction of sp³-hybridized carbons (Fsp3) is 0.529. The molecule has 0 bridgehead atoms. The van der Waals surface area contributed by atoms with Gasteiger partial charge in [0.15, 0.2) is 0 Å². The van der Waals surface area contributed by atoms with E-state index >= 15 is 0 Å². The zero-order valence-electron chi connectivity index (χ0n) is 13.3. The van der Waals surface area contributed by atoms with E-state index in [0.29, 0.717) is 24.6 Å². The number of ether oxygens (including phenoxy) is 1. The van der Waals surface area contributed by atoms with Crippen molar-refractivity contribution in [3.05, 3.63) is 35.4 Å². The Morgan fingerprint density at radius 2 is 1.91 bits per heavy atom. The van der Waals surface area contributed by atoms with Crippen molar-refractivity contribution in [2.24, 2.45) is 5.92 Å². The highest BCUT2D eigenvalue weighted by molar-refractivity contribution is 5.87. The maximum Gasteiger partial charge on any atom is 0.410 e. The number of carbonyl (C=O) groups is 2. The zero-order valence-corrected chi connectivity index (χ0v) is 13.3. The second-order valence-electron chi connectivity index (χ2n) is 6.79. The molecule has 1 amide bonds. The third kappa shape index (κ3) is 4.48. The molecule has 1 aliphatic rings. The van der Waals surface area contributed by atoms with E-state index in [1.165, 1.54) is 0 Å². The van der Waals surface area contributed by atoms with E-state index in [9.17, 15) is 9.59 Å². The molecule has 1 N–H and O–H groups in total. The molecular formula is C17H23NO4. The number of nitrogens with zero attached hydrogens (tertiary/aromatic N) is 1. The minimum Gasteiger partial charge on any atom is -0.478 e. The fourth-order valence-electron chi connectivity index (χ4n) is 2.61. The first kappa shape index (κ1) is 16.3. The molecule has 1 fully saturated rings. The Morgan fingerprint density at radius 3 is 2.45 bits per heavy atom. The molecule has 1 atom stereocenters. The lowest BCUT2D eigenvalue weighted by Crippen LogP contribution is -2.35. The van der Waals surface area contributed by atoms with Crippen molar-refractivity contribution in [3.8, 4) is 0 Å². The first-order valence-electron chi connectivity index (χ1n) is 7.55. The second-order valence-corrected chi connectivity index (χ2v) is 6.79. The monoisotopic (exact) mass is 305 g/mol. The lowest BCUT2D eigenvalue weighted by atomic mass is 9.98. The number of aromatic carboxylic acids is 1. The van der Waals surface area contributed by atoms with E-state index in [4.69, 9.17) is 9.84 Å². The summed E-state index contributed by atoms with van der Waals surface area (Å²) in [6.45, 7) is 7.00.